The zero-order valence-corrected chi connectivity index (χ0v) is 7.15. The van der Waals surface area contributed by atoms with Crippen LogP contribution >= 0.6 is 0 Å². The molecular weight excluding hydrogens is 160 g/mol. The van der Waals surface area contributed by atoms with Gasteiger partial charge < -0.3 is 14.2 Å². The molecular formula is C8H12O4. The van der Waals surface area contributed by atoms with Gasteiger partial charge in [0.2, 0.25) is 0 Å². The van der Waals surface area contributed by atoms with Crippen LogP contribution in [-0.2, 0) is 19.0 Å². The third-order valence-electron chi connectivity index (χ3n) is 1.69. The molecule has 4 nitrogen and oxygen atoms in total. The lowest BCUT2D eigenvalue weighted by molar-refractivity contribution is -0.137. The first-order valence-corrected chi connectivity index (χ1v) is 3.67. The molecule has 0 saturated heterocycles. The van der Waals surface area contributed by atoms with Crippen molar-refractivity contribution in [2.24, 2.45) is 0 Å². The summed E-state index contributed by atoms with van der Waals surface area (Å²) in [4.78, 5) is 11.2. The van der Waals surface area contributed by atoms with Crippen molar-refractivity contribution in [3.8, 4) is 0 Å². The Hall–Kier alpha value is -0.870. The van der Waals surface area contributed by atoms with Crippen LogP contribution in [0.5, 0.6) is 0 Å². The molecule has 0 spiro atoms. The summed E-state index contributed by atoms with van der Waals surface area (Å²) < 4.78 is 15.0. The van der Waals surface area contributed by atoms with E-state index in [4.69, 9.17) is 14.2 Å². The van der Waals surface area contributed by atoms with Gasteiger partial charge in [0.25, 0.3) is 0 Å². The molecule has 12 heavy (non-hydrogen) atoms. The summed E-state index contributed by atoms with van der Waals surface area (Å²) in [5, 5.41) is 0. The van der Waals surface area contributed by atoms with Crippen LogP contribution in [-0.4, -0.2) is 38.8 Å². The summed E-state index contributed by atoms with van der Waals surface area (Å²) >= 11 is 0. The second kappa shape index (κ2) is 4.23. The van der Waals surface area contributed by atoms with Crippen molar-refractivity contribution in [1.82, 2.24) is 0 Å². The Balaban J connectivity index is 2.61. The van der Waals surface area contributed by atoms with Gasteiger partial charge >= 0.3 is 0 Å². The van der Waals surface area contributed by atoms with Crippen molar-refractivity contribution in [3.05, 3.63) is 12.3 Å². The maximum Gasteiger partial charge on any atom is 0.191 e. The van der Waals surface area contributed by atoms with E-state index in [2.05, 4.69) is 0 Å². The molecule has 68 valence electrons. The Morgan fingerprint density at radius 1 is 1.58 bits per heavy atom. The number of carbonyl (C=O) groups is 1. The van der Waals surface area contributed by atoms with E-state index in [1.165, 1.54) is 19.4 Å². The normalized spacial score (nSPS) is 28.7. The van der Waals surface area contributed by atoms with Crippen molar-refractivity contribution in [1.29, 1.82) is 0 Å². The van der Waals surface area contributed by atoms with Crippen LogP contribution in [0.3, 0.4) is 0 Å². The molecule has 0 amide bonds. The third kappa shape index (κ3) is 1.84. The largest absolute Gasteiger partial charge is 0.492 e. The number of ketones is 1. The van der Waals surface area contributed by atoms with Crippen LogP contribution in [0.2, 0.25) is 0 Å². The van der Waals surface area contributed by atoms with Crippen LogP contribution in [0, 0.1) is 0 Å². The Bertz CT molecular complexity index is 187. The number of methoxy groups -OCH3 is 2. The maximum atomic E-state index is 11.2. The molecule has 1 heterocycles. The van der Waals surface area contributed by atoms with Gasteiger partial charge in [-0.05, 0) is 0 Å². The molecule has 2 atom stereocenters. The summed E-state index contributed by atoms with van der Waals surface area (Å²) in [5.74, 6) is -0.0780. The summed E-state index contributed by atoms with van der Waals surface area (Å²) in [5.41, 5.74) is 0. The van der Waals surface area contributed by atoms with Gasteiger partial charge in [0.05, 0.1) is 12.9 Å². The fourth-order valence-corrected chi connectivity index (χ4v) is 1.12. The monoisotopic (exact) mass is 172 g/mol. The smallest absolute Gasteiger partial charge is 0.191 e. The zero-order chi connectivity index (χ0) is 8.97. The quantitative estimate of drug-likeness (QED) is 0.607. The second-order valence-corrected chi connectivity index (χ2v) is 2.49. The molecule has 0 bridgehead atoms. The van der Waals surface area contributed by atoms with E-state index >= 15 is 0 Å². The van der Waals surface area contributed by atoms with E-state index in [0.29, 0.717) is 6.61 Å². The minimum Gasteiger partial charge on any atom is -0.492 e. The first-order valence-electron chi connectivity index (χ1n) is 3.67. The Labute approximate surface area is 71.1 Å². The lowest BCUT2D eigenvalue weighted by Gasteiger charge is -2.25. The minimum atomic E-state index is -0.532. The summed E-state index contributed by atoms with van der Waals surface area (Å²) in [6, 6.07) is 0. The molecule has 1 aliphatic heterocycles. The zero-order valence-electron chi connectivity index (χ0n) is 7.15. The summed E-state index contributed by atoms with van der Waals surface area (Å²) in [6.07, 6.45) is 1.88. The molecule has 0 radical (unpaired) electrons. The van der Waals surface area contributed by atoms with Gasteiger partial charge in [-0.1, -0.05) is 0 Å². The number of carbonyl (C=O) groups excluding carboxylic acids is 1. The molecule has 0 aromatic rings. The van der Waals surface area contributed by atoms with E-state index in [1.54, 1.807) is 7.11 Å². The van der Waals surface area contributed by atoms with Crippen molar-refractivity contribution in [3.63, 3.8) is 0 Å². The number of hydrogen-bond acceptors (Lipinski definition) is 4. The molecule has 0 unspecified atom stereocenters. The summed E-state index contributed by atoms with van der Waals surface area (Å²) in [6.45, 7) is 0.356. The SMILES string of the molecule is COC[C@H]1OC=CC(=O)[C@@H]1OC. The molecule has 0 N–H and O–H groups in total. The third-order valence-corrected chi connectivity index (χ3v) is 1.69. The number of rotatable bonds is 3. The van der Waals surface area contributed by atoms with Crippen molar-refractivity contribution >= 4 is 5.78 Å². The van der Waals surface area contributed by atoms with E-state index in [1.807, 2.05) is 0 Å². The van der Waals surface area contributed by atoms with Gasteiger partial charge in [0.15, 0.2) is 18.0 Å². The Morgan fingerprint density at radius 2 is 2.33 bits per heavy atom. The van der Waals surface area contributed by atoms with Crippen LogP contribution in [0.4, 0.5) is 0 Å². The first kappa shape index (κ1) is 9.22. The van der Waals surface area contributed by atoms with E-state index in [-0.39, 0.29) is 11.9 Å². The highest BCUT2D eigenvalue weighted by atomic mass is 16.6. The standard InChI is InChI=1S/C8H12O4/c1-10-5-7-8(11-2)6(9)3-4-12-7/h3-4,7-8H,5H2,1-2H3/t7-,8+/m1/s1. The highest BCUT2D eigenvalue weighted by Gasteiger charge is 2.30. The van der Waals surface area contributed by atoms with Crippen LogP contribution < -0.4 is 0 Å². The van der Waals surface area contributed by atoms with Gasteiger partial charge in [0.1, 0.15) is 0 Å². The van der Waals surface area contributed by atoms with E-state index < -0.39 is 6.10 Å². The highest BCUT2D eigenvalue weighted by Crippen LogP contribution is 2.11. The lowest BCUT2D eigenvalue weighted by Crippen LogP contribution is -2.41. The Morgan fingerprint density at radius 3 is 2.92 bits per heavy atom. The van der Waals surface area contributed by atoms with E-state index in [0.717, 1.165) is 0 Å². The lowest BCUT2D eigenvalue weighted by atomic mass is 10.1. The van der Waals surface area contributed by atoms with Crippen LogP contribution in [0.1, 0.15) is 0 Å². The van der Waals surface area contributed by atoms with Gasteiger partial charge in [0, 0.05) is 20.3 Å². The maximum absolute atomic E-state index is 11.2. The van der Waals surface area contributed by atoms with Crippen LogP contribution in [0.15, 0.2) is 12.3 Å². The molecule has 0 aliphatic carbocycles. The molecule has 0 aromatic heterocycles. The van der Waals surface area contributed by atoms with Gasteiger partial charge in [-0.15, -0.1) is 0 Å². The minimum absolute atomic E-state index is 0.0780. The summed E-state index contributed by atoms with van der Waals surface area (Å²) in [7, 11) is 3.03. The predicted molar refractivity (Wildman–Crippen MR) is 41.7 cm³/mol. The molecule has 0 aromatic carbocycles. The second-order valence-electron chi connectivity index (χ2n) is 2.49. The Kier molecular flexibility index (Phi) is 3.25. The van der Waals surface area contributed by atoms with Gasteiger partial charge in [-0.25, -0.2) is 0 Å². The fourth-order valence-electron chi connectivity index (χ4n) is 1.12. The van der Waals surface area contributed by atoms with E-state index in [9.17, 15) is 4.79 Å². The fraction of sp³-hybridized carbons (Fsp3) is 0.625. The number of hydrogen-bond donors (Lipinski definition) is 0. The molecule has 0 saturated carbocycles. The number of ether oxygens (including phenoxy) is 3. The van der Waals surface area contributed by atoms with Crippen molar-refractivity contribution in [2.75, 3.05) is 20.8 Å². The molecule has 1 aliphatic rings. The van der Waals surface area contributed by atoms with Crippen molar-refractivity contribution in [2.45, 2.75) is 12.2 Å². The van der Waals surface area contributed by atoms with Crippen molar-refractivity contribution < 1.29 is 19.0 Å². The average molecular weight is 172 g/mol. The molecule has 1 rings (SSSR count). The highest BCUT2D eigenvalue weighted by molar-refractivity contribution is 5.94. The topological polar surface area (TPSA) is 44.8 Å². The molecule has 0 fully saturated rings. The van der Waals surface area contributed by atoms with Crippen LogP contribution in [0.25, 0.3) is 0 Å². The predicted octanol–water partition coefficient (Wildman–Crippen LogP) is 0.129. The van der Waals surface area contributed by atoms with Gasteiger partial charge in [-0.2, -0.15) is 0 Å². The average Bonchev–Trinajstić information content (AvgIpc) is 2.05. The molecule has 4 heteroatoms. The first-order chi connectivity index (χ1) is 5.79. The van der Waals surface area contributed by atoms with Gasteiger partial charge in [-0.3, -0.25) is 4.79 Å².